The fraction of sp³-hybridized carbons (Fsp3) is 0.417. The molecule has 0 spiro atoms. The predicted octanol–water partition coefficient (Wildman–Crippen LogP) is 3.89. The molecule has 0 saturated carbocycles. The van der Waals surface area contributed by atoms with Crippen LogP contribution in [0.25, 0.3) is 0 Å². The second-order valence-electron chi connectivity index (χ2n) is 3.70. The molecule has 0 atom stereocenters. The van der Waals surface area contributed by atoms with Crippen molar-refractivity contribution in [3.63, 3.8) is 0 Å². The number of hydrogen-bond acceptors (Lipinski definition) is 2. The van der Waals surface area contributed by atoms with E-state index < -0.39 is 0 Å². The maximum atomic E-state index is 11.6. The lowest BCUT2D eigenvalue weighted by Gasteiger charge is -2.10. The summed E-state index contributed by atoms with van der Waals surface area (Å²) >= 11 is 6.85. The highest BCUT2D eigenvalue weighted by Crippen LogP contribution is 2.32. The molecule has 3 nitrogen and oxygen atoms in total. The van der Waals surface area contributed by atoms with Gasteiger partial charge in [0.2, 0.25) is 5.91 Å². The quantitative estimate of drug-likeness (QED) is 0.805. The van der Waals surface area contributed by atoms with Crippen molar-refractivity contribution in [1.29, 1.82) is 0 Å². The molecule has 0 aliphatic heterocycles. The molecule has 0 fully saturated rings. The Hall–Kier alpha value is -0.390. The van der Waals surface area contributed by atoms with Gasteiger partial charge in [0.1, 0.15) is 6.61 Å². The second-order valence-corrected chi connectivity index (χ2v) is 5.41. The van der Waals surface area contributed by atoms with E-state index in [4.69, 9.17) is 4.74 Å². The molecule has 0 saturated heterocycles. The SMILES string of the molecule is CCCOCC(=O)Nc1c(Br)cc(C)cc1Br. The van der Waals surface area contributed by atoms with E-state index in [0.29, 0.717) is 6.61 Å². The smallest absolute Gasteiger partial charge is 0.250 e. The first-order valence-corrected chi connectivity index (χ1v) is 6.96. The van der Waals surface area contributed by atoms with Gasteiger partial charge in [0.25, 0.3) is 0 Å². The summed E-state index contributed by atoms with van der Waals surface area (Å²) in [5.74, 6) is -0.149. The monoisotopic (exact) mass is 363 g/mol. The molecule has 1 rings (SSSR count). The molecule has 1 amide bonds. The average molecular weight is 365 g/mol. The maximum Gasteiger partial charge on any atom is 0.250 e. The van der Waals surface area contributed by atoms with E-state index in [-0.39, 0.29) is 12.5 Å². The molecule has 0 aromatic heterocycles. The van der Waals surface area contributed by atoms with Crippen LogP contribution in [0.4, 0.5) is 5.69 Å². The molecule has 1 N–H and O–H groups in total. The number of carbonyl (C=O) groups excluding carboxylic acids is 1. The van der Waals surface area contributed by atoms with E-state index in [1.165, 1.54) is 0 Å². The summed E-state index contributed by atoms with van der Waals surface area (Å²) in [5, 5.41) is 2.81. The highest BCUT2D eigenvalue weighted by atomic mass is 79.9. The van der Waals surface area contributed by atoms with Crippen LogP contribution in [0.5, 0.6) is 0 Å². The first-order valence-electron chi connectivity index (χ1n) is 5.37. The van der Waals surface area contributed by atoms with E-state index in [1.54, 1.807) is 0 Å². The minimum absolute atomic E-state index is 0.0839. The number of aryl methyl sites for hydroxylation is 1. The van der Waals surface area contributed by atoms with Gasteiger partial charge in [-0.25, -0.2) is 0 Å². The van der Waals surface area contributed by atoms with Gasteiger partial charge in [-0.05, 0) is 62.9 Å². The van der Waals surface area contributed by atoms with Crippen molar-refractivity contribution in [2.45, 2.75) is 20.3 Å². The van der Waals surface area contributed by atoms with Crippen molar-refractivity contribution in [1.82, 2.24) is 0 Å². The lowest BCUT2D eigenvalue weighted by molar-refractivity contribution is -0.120. The van der Waals surface area contributed by atoms with Crippen LogP contribution < -0.4 is 5.32 Å². The number of halogens is 2. The highest BCUT2D eigenvalue weighted by Gasteiger charge is 2.09. The van der Waals surface area contributed by atoms with Crippen molar-refractivity contribution >= 4 is 43.5 Å². The fourth-order valence-electron chi connectivity index (χ4n) is 1.30. The summed E-state index contributed by atoms with van der Waals surface area (Å²) < 4.78 is 6.89. The Bertz CT molecular complexity index is 384. The number of nitrogens with one attached hydrogen (secondary N) is 1. The van der Waals surface area contributed by atoms with Gasteiger partial charge in [-0.2, -0.15) is 0 Å². The third-order valence-electron chi connectivity index (χ3n) is 2.03. The van der Waals surface area contributed by atoms with Gasteiger partial charge in [0.15, 0.2) is 0 Å². The molecular weight excluding hydrogens is 350 g/mol. The fourth-order valence-corrected chi connectivity index (χ4v) is 2.92. The average Bonchev–Trinajstić information content (AvgIpc) is 2.24. The Balaban J connectivity index is 2.65. The van der Waals surface area contributed by atoms with Gasteiger partial charge < -0.3 is 10.1 Å². The van der Waals surface area contributed by atoms with Crippen molar-refractivity contribution in [2.75, 3.05) is 18.5 Å². The van der Waals surface area contributed by atoms with Crippen LogP contribution in [0.2, 0.25) is 0 Å². The Morgan fingerprint density at radius 1 is 1.35 bits per heavy atom. The van der Waals surface area contributed by atoms with Gasteiger partial charge in [-0.3, -0.25) is 4.79 Å². The van der Waals surface area contributed by atoms with Gasteiger partial charge in [0.05, 0.1) is 5.69 Å². The number of rotatable bonds is 5. The van der Waals surface area contributed by atoms with Gasteiger partial charge >= 0.3 is 0 Å². The second kappa shape index (κ2) is 7.13. The zero-order valence-electron chi connectivity index (χ0n) is 9.85. The maximum absolute atomic E-state index is 11.6. The molecule has 94 valence electrons. The van der Waals surface area contributed by atoms with Crippen LogP contribution in [0, 0.1) is 6.92 Å². The van der Waals surface area contributed by atoms with Gasteiger partial charge in [-0.15, -0.1) is 0 Å². The molecule has 0 aliphatic rings. The predicted molar refractivity (Wildman–Crippen MR) is 76.3 cm³/mol. The van der Waals surface area contributed by atoms with E-state index >= 15 is 0 Å². The molecule has 17 heavy (non-hydrogen) atoms. The molecule has 0 aliphatic carbocycles. The molecule has 1 aromatic rings. The number of hydrogen-bond donors (Lipinski definition) is 1. The minimum atomic E-state index is -0.149. The summed E-state index contributed by atoms with van der Waals surface area (Å²) in [5.41, 5.74) is 1.85. The van der Waals surface area contributed by atoms with E-state index in [9.17, 15) is 4.79 Å². The molecule has 0 bridgehead atoms. The van der Waals surface area contributed by atoms with E-state index in [0.717, 1.165) is 26.6 Å². The third kappa shape index (κ3) is 4.77. The normalized spacial score (nSPS) is 10.4. The van der Waals surface area contributed by atoms with Crippen LogP contribution in [0.3, 0.4) is 0 Å². The van der Waals surface area contributed by atoms with E-state index in [1.807, 2.05) is 26.0 Å². The summed E-state index contributed by atoms with van der Waals surface area (Å²) in [7, 11) is 0. The number of anilines is 1. The molecule has 5 heteroatoms. The lowest BCUT2D eigenvalue weighted by Crippen LogP contribution is -2.19. The summed E-state index contributed by atoms with van der Waals surface area (Å²) in [4.78, 5) is 11.6. The zero-order valence-corrected chi connectivity index (χ0v) is 13.0. The van der Waals surface area contributed by atoms with Crippen molar-refractivity contribution in [2.24, 2.45) is 0 Å². The Morgan fingerprint density at radius 3 is 2.47 bits per heavy atom. The Morgan fingerprint density at radius 2 is 1.94 bits per heavy atom. The minimum Gasteiger partial charge on any atom is -0.372 e. The molecular formula is C12H15Br2NO2. The molecule has 0 radical (unpaired) electrons. The van der Waals surface area contributed by atoms with Gasteiger partial charge in [0, 0.05) is 15.6 Å². The highest BCUT2D eigenvalue weighted by molar-refractivity contribution is 9.11. The van der Waals surface area contributed by atoms with Crippen molar-refractivity contribution in [3.8, 4) is 0 Å². The topological polar surface area (TPSA) is 38.3 Å². The zero-order chi connectivity index (χ0) is 12.8. The standard InChI is InChI=1S/C12H15Br2NO2/c1-3-4-17-7-11(16)15-12-9(13)5-8(2)6-10(12)14/h5-6H,3-4,7H2,1-2H3,(H,15,16). The number of carbonyl (C=O) groups is 1. The largest absolute Gasteiger partial charge is 0.372 e. The first-order chi connectivity index (χ1) is 8.04. The van der Waals surface area contributed by atoms with Crippen molar-refractivity contribution < 1.29 is 9.53 Å². The lowest BCUT2D eigenvalue weighted by atomic mass is 10.2. The molecule has 1 aromatic carbocycles. The third-order valence-corrected chi connectivity index (χ3v) is 3.28. The number of amides is 1. The molecule has 0 unspecified atom stereocenters. The van der Waals surface area contributed by atoms with Crippen LogP contribution in [-0.2, 0) is 9.53 Å². The summed E-state index contributed by atoms with van der Waals surface area (Å²) in [6, 6.07) is 3.90. The van der Waals surface area contributed by atoms with E-state index in [2.05, 4.69) is 37.2 Å². The number of benzene rings is 1. The molecule has 0 heterocycles. The first kappa shape index (κ1) is 14.7. The van der Waals surface area contributed by atoms with Crippen LogP contribution in [0.15, 0.2) is 21.1 Å². The Kier molecular flexibility index (Phi) is 6.16. The summed E-state index contributed by atoms with van der Waals surface area (Å²) in [6.45, 7) is 4.68. The van der Waals surface area contributed by atoms with Gasteiger partial charge in [-0.1, -0.05) is 6.92 Å². The summed E-state index contributed by atoms with van der Waals surface area (Å²) in [6.07, 6.45) is 0.908. The number of ether oxygens (including phenoxy) is 1. The Labute approximate surface area is 118 Å². The van der Waals surface area contributed by atoms with Crippen molar-refractivity contribution in [3.05, 3.63) is 26.6 Å². The van der Waals surface area contributed by atoms with Crippen LogP contribution in [-0.4, -0.2) is 19.1 Å². The van der Waals surface area contributed by atoms with Crippen LogP contribution >= 0.6 is 31.9 Å². The van der Waals surface area contributed by atoms with Crippen LogP contribution in [0.1, 0.15) is 18.9 Å².